The Bertz CT molecular complexity index is 1420. The Hall–Kier alpha value is -2.31. The molecule has 0 amide bonds. The molecule has 5 nitrogen and oxygen atoms in total. The Balaban J connectivity index is 1.69. The normalized spacial score (nSPS) is 20.3. The number of Topliss-reactive ketones (excluding diaryl/α,β-unsaturated/α-hetero) is 2. The van der Waals surface area contributed by atoms with E-state index in [2.05, 4.69) is 32.6 Å². The van der Waals surface area contributed by atoms with E-state index >= 15 is 0 Å². The van der Waals surface area contributed by atoms with Crippen LogP contribution in [-0.4, -0.2) is 36.7 Å². The highest BCUT2D eigenvalue weighted by Gasteiger charge is 2.49. The number of carbonyl (C=O) groups excluding carboxylic acids is 2. The van der Waals surface area contributed by atoms with Gasteiger partial charge in [-0.05, 0) is 59.6 Å². The lowest BCUT2D eigenvalue weighted by atomic mass is 9.63. The molecular formula is C33H36Cl3NO4. The highest BCUT2D eigenvalue weighted by molar-refractivity contribution is 6.42. The first-order valence-corrected chi connectivity index (χ1v) is 15.1. The van der Waals surface area contributed by atoms with Crippen LogP contribution in [-0.2, 0) is 20.9 Å². The number of nitrogens with zero attached hydrogens (tertiary/aromatic N) is 1. The van der Waals surface area contributed by atoms with Crippen molar-refractivity contribution in [2.24, 2.45) is 10.8 Å². The zero-order chi connectivity index (χ0) is 29.7. The van der Waals surface area contributed by atoms with Crippen LogP contribution in [0.3, 0.4) is 0 Å². The van der Waals surface area contributed by atoms with Crippen LogP contribution >= 0.6 is 34.8 Å². The first kappa shape index (κ1) is 30.2. The van der Waals surface area contributed by atoms with Gasteiger partial charge in [-0.3, -0.25) is 9.59 Å². The van der Waals surface area contributed by atoms with E-state index in [1.165, 1.54) is 0 Å². The summed E-state index contributed by atoms with van der Waals surface area (Å²) < 4.78 is 11.9. The van der Waals surface area contributed by atoms with E-state index < -0.39 is 5.92 Å². The fraction of sp³-hybridized carbons (Fsp3) is 0.455. The summed E-state index contributed by atoms with van der Waals surface area (Å²) >= 11 is 18.9. The van der Waals surface area contributed by atoms with Crippen molar-refractivity contribution in [3.63, 3.8) is 0 Å². The van der Waals surface area contributed by atoms with Crippen molar-refractivity contribution < 1.29 is 19.1 Å². The first-order valence-electron chi connectivity index (χ1n) is 14.0. The predicted molar refractivity (Wildman–Crippen MR) is 164 cm³/mol. The zero-order valence-electron chi connectivity index (χ0n) is 24.2. The number of hydrogen-bond acceptors (Lipinski definition) is 5. The molecule has 0 radical (unpaired) electrons. The van der Waals surface area contributed by atoms with Gasteiger partial charge in [0.2, 0.25) is 0 Å². The van der Waals surface area contributed by atoms with Gasteiger partial charge in [0.25, 0.3) is 0 Å². The van der Waals surface area contributed by atoms with Crippen molar-refractivity contribution in [3.05, 3.63) is 85.1 Å². The molecule has 8 heteroatoms. The van der Waals surface area contributed by atoms with Crippen LogP contribution in [0.4, 0.5) is 0 Å². The summed E-state index contributed by atoms with van der Waals surface area (Å²) in [7, 11) is 1.67. The van der Waals surface area contributed by atoms with E-state index in [4.69, 9.17) is 44.3 Å². The van der Waals surface area contributed by atoms with Gasteiger partial charge in [0.05, 0.1) is 16.7 Å². The molecule has 218 valence electrons. The van der Waals surface area contributed by atoms with Crippen molar-refractivity contribution in [1.82, 2.24) is 4.90 Å². The third-order valence-electron chi connectivity index (χ3n) is 8.20. The van der Waals surface area contributed by atoms with E-state index in [1.807, 2.05) is 18.2 Å². The lowest BCUT2D eigenvalue weighted by molar-refractivity contribution is -0.119. The number of hydrogen-bond donors (Lipinski definition) is 0. The first-order chi connectivity index (χ1) is 19.3. The molecule has 2 aromatic carbocycles. The average molecular weight is 617 g/mol. The Kier molecular flexibility index (Phi) is 8.39. The van der Waals surface area contributed by atoms with Crippen LogP contribution in [0.25, 0.3) is 0 Å². The van der Waals surface area contributed by atoms with Gasteiger partial charge in [-0.25, -0.2) is 0 Å². The van der Waals surface area contributed by atoms with Crippen molar-refractivity contribution in [2.45, 2.75) is 65.9 Å². The fourth-order valence-corrected chi connectivity index (χ4v) is 6.98. The highest BCUT2D eigenvalue weighted by atomic mass is 35.5. The van der Waals surface area contributed by atoms with E-state index in [9.17, 15) is 9.59 Å². The maximum atomic E-state index is 14.1. The Labute approximate surface area is 257 Å². The van der Waals surface area contributed by atoms with Gasteiger partial charge in [-0.2, -0.15) is 0 Å². The predicted octanol–water partition coefficient (Wildman–Crippen LogP) is 8.56. The Morgan fingerprint density at radius 1 is 0.829 bits per heavy atom. The van der Waals surface area contributed by atoms with Gasteiger partial charge in [-0.15, -0.1) is 0 Å². The minimum atomic E-state index is -0.562. The van der Waals surface area contributed by atoms with Gasteiger partial charge < -0.3 is 14.4 Å². The van der Waals surface area contributed by atoms with Gasteiger partial charge in [0, 0.05) is 65.5 Å². The van der Waals surface area contributed by atoms with Gasteiger partial charge in [-0.1, -0.05) is 68.6 Å². The second-order valence-electron chi connectivity index (χ2n) is 12.9. The monoisotopic (exact) mass is 615 g/mol. The van der Waals surface area contributed by atoms with Crippen LogP contribution in [0.5, 0.6) is 5.75 Å². The summed E-state index contributed by atoms with van der Waals surface area (Å²) in [6.07, 6.45) is 2.25. The van der Waals surface area contributed by atoms with Crippen molar-refractivity contribution >= 4 is 46.4 Å². The van der Waals surface area contributed by atoms with Gasteiger partial charge in [0.1, 0.15) is 12.4 Å². The van der Waals surface area contributed by atoms with E-state index in [-0.39, 0.29) is 29.0 Å². The molecule has 5 rings (SSSR count). The van der Waals surface area contributed by atoms with Crippen molar-refractivity contribution in [3.8, 4) is 5.75 Å². The molecule has 0 bridgehead atoms. The lowest BCUT2D eigenvalue weighted by Crippen LogP contribution is -2.45. The van der Waals surface area contributed by atoms with Crippen LogP contribution in [0.15, 0.2) is 58.9 Å². The number of rotatable bonds is 7. The van der Waals surface area contributed by atoms with Gasteiger partial charge in [0.15, 0.2) is 11.6 Å². The largest absolute Gasteiger partial charge is 0.489 e. The number of allylic oxidation sites excluding steroid dienone is 4. The average Bonchev–Trinajstić information content (AvgIpc) is 2.87. The van der Waals surface area contributed by atoms with E-state index in [1.54, 1.807) is 25.3 Å². The molecule has 1 heterocycles. The molecule has 0 saturated carbocycles. The highest BCUT2D eigenvalue weighted by Crippen LogP contribution is 2.55. The third kappa shape index (κ3) is 6.10. The summed E-state index contributed by atoms with van der Waals surface area (Å²) in [5.41, 5.74) is 4.47. The minimum Gasteiger partial charge on any atom is -0.489 e. The number of carbonyl (C=O) groups is 2. The Morgan fingerprint density at radius 2 is 1.44 bits per heavy atom. The quantitative estimate of drug-likeness (QED) is 0.312. The molecule has 0 saturated heterocycles. The number of ketones is 2. The summed E-state index contributed by atoms with van der Waals surface area (Å²) in [5.74, 6) is 0.129. The molecule has 0 fully saturated rings. The fourth-order valence-electron chi connectivity index (χ4n) is 6.48. The third-order valence-corrected chi connectivity index (χ3v) is 9.18. The number of ether oxygens (including phenoxy) is 2. The SMILES string of the molecule is COCCN1C2=C(C(=O)CC(C)(C)C2)C(c2cc(Cl)ccc2OCc2ccc(Cl)c(Cl)c2)C2=C1CC(C)(C)CC2=O. The second-order valence-corrected chi connectivity index (χ2v) is 14.2. The Morgan fingerprint density at radius 3 is 2.00 bits per heavy atom. The molecule has 0 atom stereocenters. The summed E-state index contributed by atoms with van der Waals surface area (Å²) in [4.78, 5) is 30.3. The van der Waals surface area contributed by atoms with Crippen molar-refractivity contribution in [2.75, 3.05) is 20.3 Å². The molecule has 41 heavy (non-hydrogen) atoms. The molecule has 0 N–H and O–H groups in total. The number of halogens is 3. The van der Waals surface area contributed by atoms with Crippen molar-refractivity contribution in [1.29, 1.82) is 0 Å². The van der Waals surface area contributed by atoms with Crippen LogP contribution in [0.2, 0.25) is 15.1 Å². The maximum absolute atomic E-state index is 14.1. The summed E-state index contributed by atoms with van der Waals surface area (Å²) in [6, 6.07) is 10.8. The number of benzene rings is 2. The van der Waals surface area contributed by atoms with Crippen LogP contribution in [0.1, 0.15) is 70.4 Å². The topological polar surface area (TPSA) is 55.8 Å². The summed E-state index contributed by atoms with van der Waals surface area (Å²) in [6.45, 7) is 9.80. The molecule has 0 spiro atoms. The molecule has 2 aromatic rings. The smallest absolute Gasteiger partial charge is 0.162 e. The zero-order valence-corrected chi connectivity index (χ0v) is 26.5. The standard InChI is InChI=1S/C33H36Cl3NO4/c1-32(2)14-24-30(26(38)16-32)29(31-25(37(24)10-11-40-5)15-33(3,4)17-27(31)39)21-13-20(34)7-9-28(21)41-18-19-6-8-22(35)23(36)12-19/h6-9,12-13,29H,10-11,14-18H2,1-5H3. The minimum absolute atomic E-state index is 0.0586. The van der Waals surface area contributed by atoms with Gasteiger partial charge >= 0.3 is 0 Å². The lowest BCUT2D eigenvalue weighted by Gasteiger charge is -2.49. The molecular weight excluding hydrogens is 581 g/mol. The van der Waals surface area contributed by atoms with Crippen LogP contribution < -0.4 is 4.74 Å². The molecule has 0 unspecified atom stereocenters. The molecule has 2 aliphatic carbocycles. The number of methoxy groups -OCH3 is 1. The van der Waals surface area contributed by atoms with Crippen LogP contribution in [0, 0.1) is 10.8 Å². The van der Waals surface area contributed by atoms with E-state index in [0.717, 1.165) is 35.4 Å². The maximum Gasteiger partial charge on any atom is 0.162 e. The van der Waals surface area contributed by atoms with E-state index in [0.29, 0.717) is 58.0 Å². The molecule has 3 aliphatic rings. The molecule has 0 aromatic heterocycles. The second kappa shape index (κ2) is 11.4. The molecule has 1 aliphatic heterocycles. The summed E-state index contributed by atoms with van der Waals surface area (Å²) in [5, 5.41) is 1.43.